The van der Waals surface area contributed by atoms with Gasteiger partial charge in [0.05, 0.1) is 0 Å². The van der Waals surface area contributed by atoms with Gasteiger partial charge in [0.15, 0.2) is 0 Å². The molecule has 0 amide bonds. The van der Waals surface area contributed by atoms with Crippen molar-refractivity contribution < 1.29 is 4.74 Å². The molecule has 0 spiro atoms. The maximum atomic E-state index is 5.36. The molecular weight excluding hydrogens is 392 g/mol. The van der Waals surface area contributed by atoms with E-state index in [0.717, 1.165) is 20.1 Å². The summed E-state index contributed by atoms with van der Waals surface area (Å²) < 4.78 is 7.46. The van der Waals surface area contributed by atoms with Crippen molar-refractivity contribution in [2.75, 3.05) is 13.2 Å². The average molecular weight is 404 g/mol. The monoisotopic (exact) mass is 402 g/mol. The Balaban J connectivity index is 1.73. The standard InChI is InChI=1S/C18H12Br2O/c19-17-9-5-15(6-10-17)3-1-13-21-14-2-4-16-7-11-18(20)12-8-16/h5-12H,13-14H2. The Morgan fingerprint density at radius 2 is 1.05 bits per heavy atom. The van der Waals surface area contributed by atoms with Gasteiger partial charge in [0, 0.05) is 20.1 Å². The van der Waals surface area contributed by atoms with Crippen molar-refractivity contribution in [3.05, 3.63) is 68.6 Å². The SMILES string of the molecule is Brc1ccc(C#CCOCC#Cc2ccc(Br)cc2)cc1. The van der Waals surface area contributed by atoms with Crippen LogP contribution in [0.25, 0.3) is 0 Å². The van der Waals surface area contributed by atoms with Crippen molar-refractivity contribution in [2.45, 2.75) is 0 Å². The molecule has 0 atom stereocenters. The van der Waals surface area contributed by atoms with E-state index in [9.17, 15) is 0 Å². The largest absolute Gasteiger partial charge is 0.356 e. The van der Waals surface area contributed by atoms with E-state index in [1.807, 2.05) is 48.5 Å². The number of ether oxygens (including phenoxy) is 1. The zero-order chi connectivity index (χ0) is 14.9. The van der Waals surface area contributed by atoms with Crippen LogP contribution in [0.2, 0.25) is 0 Å². The number of hydrogen-bond acceptors (Lipinski definition) is 1. The van der Waals surface area contributed by atoms with Gasteiger partial charge >= 0.3 is 0 Å². The minimum absolute atomic E-state index is 0.380. The molecule has 3 heteroatoms. The molecule has 0 saturated heterocycles. The van der Waals surface area contributed by atoms with Gasteiger partial charge in [-0.3, -0.25) is 0 Å². The lowest BCUT2D eigenvalue weighted by Gasteiger charge is -1.92. The molecule has 0 aliphatic heterocycles. The van der Waals surface area contributed by atoms with Crippen molar-refractivity contribution in [3.8, 4) is 23.7 Å². The second kappa shape index (κ2) is 8.70. The molecule has 2 aromatic rings. The van der Waals surface area contributed by atoms with Crippen LogP contribution in [0.5, 0.6) is 0 Å². The molecule has 0 fully saturated rings. The fourth-order valence-electron chi connectivity index (χ4n) is 1.50. The minimum atomic E-state index is 0.380. The second-order valence-electron chi connectivity index (χ2n) is 4.11. The van der Waals surface area contributed by atoms with Gasteiger partial charge in [0.1, 0.15) is 13.2 Å². The van der Waals surface area contributed by atoms with E-state index >= 15 is 0 Å². The Morgan fingerprint density at radius 3 is 1.43 bits per heavy atom. The zero-order valence-corrected chi connectivity index (χ0v) is 14.4. The fourth-order valence-corrected chi connectivity index (χ4v) is 2.02. The number of benzene rings is 2. The Kier molecular flexibility index (Phi) is 6.57. The summed E-state index contributed by atoms with van der Waals surface area (Å²) in [4.78, 5) is 0. The summed E-state index contributed by atoms with van der Waals surface area (Å²) in [6, 6.07) is 15.7. The first-order valence-electron chi connectivity index (χ1n) is 6.31. The maximum Gasteiger partial charge on any atom is 0.109 e. The van der Waals surface area contributed by atoms with Gasteiger partial charge in [-0.1, -0.05) is 55.5 Å². The van der Waals surface area contributed by atoms with Crippen molar-refractivity contribution in [3.63, 3.8) is 0 Å². The summed E-state index contributed by atoms with van der Waals surface area (Å²) in [7, 11) is 0. The van der Waals surface area contributed by atoms with Gasteiger partial charge in [-0.15, -0.1) is 0 Å². The number of rotatable bonds is 2. The Bertz CT molecular complexity index is 632. The van der Waals surface area contributed by atoms with Gasteiger partial charge in [-0.2, -0.15) is 0 Å². The van der Waals surface area contributed by atoms with Crippen LogP contribution in [-0.4, -0.2) is 13.2 Å². The average Bonchev–Trinajstić information content (AvgIpc) is 2.50. The van der Waals surface area contributed by atoms with Crippen LogP contribution in [0.15, 0.2) is 57.5 Å². The first kappa shape index (κ1) is 15.9. The molecule has 0 aliphatic carbocycles. The lowest BCUT2D eigenvalue weighted by Crippen LogP contribution is -1.91. The predicted octanol–water partition coefficient (Wildman–Crippen LogP) is 4.63. The first-order valence-corrected chi connectivity index (χ1v) is 7.89. The Labute approximate surface area is 142 Å². The highest BCUT2D eigenvalue weighted by Gasteiger charge is 1.87. The lowest BCUT2D eigenvalue weighted by atomic mass is 10.2. The topological polar surface area (TPSA) is 9.23 Å². The third-order valence-electron chi connectivity index (χ3n) is 2.50. The molecule has 21 heavy (non-hydrogen) atoms. The Hall–Kier alpha value is -1.52. The summed E-state index contributed by atoms with van der Waals surface area (Å²) in [5, 5.41) is 0. The van der Waals surface area contributed by atoms with Crippen LogP contribution < -0.4 is 0 Å². The van der Waals surface area contributed by atoms with Crippen LogP contribution in [0.1, 0.15) is 11.1 Å². The van der Waals surface area contributed by atoms with E-state index in [4.69, 9.17) is 4.74 Å². The predicted molar refractivity (Wildman–Crippen MR) is 92.9 cm³/mol. The van der Waals surface area contributed by atoms with E-state index in [0.29, 0.717) is 13.2 Å². The van der Waals surface area contributed by atoms with Crippen molar-refractivity contribution in [2.24, 2.45) is 0 Å². The normalized spacial score (nSPS) is 9.24. The van der Waals surface area contributed by atoms with E-state index in [2.05, 4.69) is 55.5 Å². The highest BCUT2D eigenvalue weighted by Crippen LogP contribution is 2.10. The van der Waals surface area contributed by atoms with Crippen LogP contribution in [0.4, 0.5) is 0 Å². The third kappa shape index (κ3) is 6.19. The van der Waals surface area contributed by atoms with E-state index in [1.54, 1.807) is 0 Å². The van der Waals surface area contributed by atoms with Crippen molar-refractivity contribution >= 4 is 31.9 Å². The second-order valence-corrected chi connectivity index (χ2v) is 5.94. The van der Waals surface area contributed by atoms with Gasteiger partial charge in [-0.05, 0) is 48.5 Å². The van der Waals surface area contributed by atoms with Crippen LogP contribution in [0.3, 0.4) is 0 Å². The molecular formula is C18H12Br2O. The fraction of sp³-hybridized carbons (Fsp3) is 0.111. The molecule has 0 bridgehead atoms. The minimum Gasteiger partial charge on any atom is -0.356 e. The molecule has 0 saturated carbocycles. The van der Waals surface area contributed by atoms with Crippen LogP contribution in [-0.2, 0) is 4.74 Å². The number of halogens is 2. The molecule has 0 heterocycles. The maximum absolute atomic E-state index is 5.36. The molecule has 0 aliphatic rings. The molecule has 0 radical (unpaired) electrons. The molecule has 0 N–H and O–H groups in total. The highest BCUT2D eigenvalue weighted by molar-refractivity contribution is 9.10. The summed E-state index contributed by atoms with van der Waals surface area (Å²) in [6.07, 6.45) is 0. The zero-order valence-electron chi connectivity index (χ0n) is 11.2. The van der Waals surface area contributed by atoms with Crippen molar-refractivity contribution in [1.29, 1.82) is 0 Å². The molecule has 0 unspecified atom stereocenters. The summed E-state index contributed by atoms with van der Waals surface area (Å²) in [6.45, 7) is 0.760. The van der Waals surface area contributed by atoms with Gasteiger partial charge < -0.3 is 4.74 Å². The van der Waals surface area contributed by atoms with Gasteiger partial charge in [0.2, 0.25) is 0 Å². The summed E-state index contributed by atoms with van der Waals surface area (Å²) in [5.74, 6) is 12.0. The van der Waals surface area contributed by atoms with Crippen LogP contribution >= 0.6 is 31.9 Å². The molecule has 1 nitrogen and oxygen atoms in total. The summed E-state index contributed by atoms with van der Waals surface area (Å²) >= 11 is 6.78. The van der Waals surface area contributed by atoms with E-state index < -0.39 is 0 Å². The highest BCUT2D eigenvalue weighted by atomic mass is 79.9. The number of hydrogen-bond donors (Lipinski definition) is 0. The lowest BCUT2D eigenvalue weighted by molar-refractivity contribution is 0.204. The summed E-state index contributed by atoms with van der Waals surface area (Å²) in [5.41, 5.74) is 1.95. The van der Waals surface area contributed by atoms with Gasteiger partial charge in [-0.25, -0.2) is 0 Å². The molecule has 0 aromatic heterocycles. The van der Waals surface area contributed by atoms with Crippen LogP contribution in [0, 0.1) is 23.7 Å². The van der Waals surface area contributed by atoms with Crippen molar-refractivity contribution in [1.82, 2.24) is 0 Å². The molecule has 104 valence electrons. The Morgan fingerprint density at radius 1 is 0.667 bits per heavy atom. The molecule has 2 aromatic carbocycles. The molecule has 2 rings (SSSR count). The smallest absolute Gasteiger partial charge is 0.109 e. The van der Waals surface area contributed by atoms with Gasteiger partial charge in [0.25, 0.3) is 0 Å². The van der Waals surface area contributed by atoms with E-state index in [1.165, 1.54) is 0 Å². The third-order valence-corrected chi connectivity index (χ3v) is 3.56. The quantitative estimate of drug-likeness (QED) is 0.524. The van der Waals surface area contributed by atoms with E-state index in [-0.39, 0.29) is 0 Å². The first-order chi connectivity index (χ1) is 10.2.